The van der Waals surface area contributed by atoms with Crippen molar-refractivity contribution in [1.29, 1.82) is 0 Å². The smallest absolute Gasteiger partial charge is 0.140 e. The molecule has 2 heterocycles. The summed E-state index contributed by atoms with van der Waals surface area (Å²) in [4.78, 5) is 2.53. The lowest BCUT2D eigenvalue weighted by Gasteiger charge is -2.33. The van der Waals surface area contributed by atoms with Crippen LogP contribution in [-0.2, 0) is 10.8 Å². The molecule has 0 amide bonds. The van der Waals surface area contributed by atoms with Gasteiger partial charge in [0.1, 0.15) is 11.2 Å². The van der Waals surface area contributed by atoms with Gasteiger partial charge in [-0.25, -0.2) is 0 Å². The first-order chi connectivity index (χ1) is 33.0. The topological polar surface area (TPSA) is 16.4 Å². The Morgan fingerprint density at radius 3 is 1.85 bits per heavy atom. The molecule has 0 fully saturated rings. The molecule has 2 aromatic heterocycles. The summed E-state index contributed by atoms with van der Waals surface area (Å²) in [5.74, 6) is 0.270. The molecule has 0 radical (unpaired) electrons. The molecule has 1 atom stereocenters. The fourth-order valence-electron chi connectivity index (χ4n) is 12.9. The first-order valence-corrected chi connectivity index (χ1v) is 24.4. The molecule has 0 aliphatic heterocycles. The van der Waals surface area contributed by atoms with Crippen LogP contribution in [0.4, 0.5) is 11.4 Å². The van der Waals surface area contributed by atoms with Crippen molar-refractivity contribution in [3.63, 3.8) is 0 Å². The molecule has 15 rings (SSSR count). The van der Waals surface area contributed by atoms with E-state index in [0.717, 1.165) is 39.7 Å². The molecule has 4 aliphatic rings. The van der Waals surface area contributed by atoms with E-state index in [1.807, 2.05) is 11.3 Å². The molecule has 1 unspecified atom stereocenters. The second kappa shape index (κ2) is 13.4. The van der Waals surface area contributed by atoms with E-state index < -0.39 is 5.41 Å². The van der Waals surface area contributed by atoms with Crippen LogP contribution in [0.2, 0.25) is 0 Å². The number of allylic oxidation sites excluding steroid dienone is 3. The monoisotopic (exact) mass is 873 g/mol. The second-order valence-corrected chi connectivity index (χ2v) is 20.5. The van der Waals surface area contributed by atoms with Crippen LogP contribution in [0.5, 0.6) is 0 Å². The quantitative estimate of drug-likeness (QED) is 0.175. The summed E-state index contributed by atoms with van der Waals surface area (Å²) in [5.41, 5.74) is 21.6. The molecule has 0 saturated carbocycles. The van der Waals surface area contributed by atoms with E-state index in [1.54, 1.807) is 0 Å². The molecule has 0 N–H and O–H groups in total. The highest BCUT2D eigenvalue weighted by atomic mass is 32.1. The third-order valence-corrected chi connectivity index (χ3v) is 17.1. The zero-order valence-corrected chi connectivity index (χ0v) is 38.0. The van der Waals surface area contributed by atoms with Crippen LogP contribution in [-0.4, -0.2) is 0 Å². The van der Waals surface area contributed by atoms with Crippen LogP contribution in [0.1, 0.15) is 65.1 Å². The van der Waals surface area contributed by atoms with Crippen molar-refractivity contribution in [3.8, 4) is 33.4 Å². The van der Waals surface area contributed by atoms with Crippen LogP contribution < -0.4 is 4.90 Å². The summed E-state index contributed by atoms with van der Waals surface area (Å²) in [7, 11) is 0. The van der Waals surface area contributed by atoms with Crippen molar-refractivity contribution >= 4 is 64.8 Å². The van der Waals surface area contributed by atoms with Gasteiger partial charge in [0.05, 0.1) is 5.41 Å². The average molecular weight is 874 g/mol. The van der Waals surface area contributed by atoms with Gasteiger partial charge in [-0.05, 0) is 122 Å². The number of fused-ring (bicyclic) bond motifs is 20. The Hall–Kier alpha value is -7.72. The molecule has 9 aromatic carbocycles. The number of thiophene rings is 1. The molecule has 1 spiro atoms. The SMILES string of the molecule is CC1(C)c2ccccc2-c2ccc(N(C3=CCC(c4cccc5c4sc4ccccc45)C=C3)c3ccc4c(c3)C3(c5ccccc5-c5ccccc53)c3c-4ccc4c3oc3ccccc34)cc21. The van der Waals surface area contributed by atoms with E-state index in [-0.39, 0.29) is 11.3 Å². The van der Waals surface area contributed by atoms with Crippen LogP contribution in [0, 0.1) is 0 Å². The van der Waals surface area contributed by atoms with Crippen LogP contribution in [0.25, 0.3) is 75.5 Å². The van der Waals surface area contributed by atoms with Gasteiger partial charge >= 0.3 is 0 Å². The molecule has 2 nitrogen and oxygen atoms in total. The molecule has 4 aliphatic carbocycles. The number of hydrogen-bond donors (Lipinski definition) is 0. The zero-order chi connectivity index (χ0) is 44.2. The fourth-order valence-corrected chi connectivity index (χ4v) is 14.2. The van der Waals surface area contributed by atoms with E-state index in [1.165, 1.54) is 98.2 Å². The Morgan fingerprint density at radius 2 is 1.10 bits per heavy atom. The van der Waals surface area contributed by atoms with Gasteiger partial charge in [-0.15, -0.1) is 11.3 Å². The summed E-state index contributed by atoms with van der Waals surface area (Å²) in [6, 6.07) is 70.5. The standard InChI is InChI=1S/C64H43NOS/c1-63(2)53-21-8-3-14-43(53)46-32-30-40(36-56(46)63)65(39-28-26-38(27-29-39)42-19-13-20-52-49-18-7-12-25-59(49)67-62(42)52)41-31-33-47-50-34-35-51-48-17-6-11-24-58(48)66-61(51)60(50)64(57(47)37-41)54-22-9-4-15-44(54)45-16-5-10-23-55(45)64/h3-26,28-38H,27H2,1-2H3. The Balaban J connectivity index is 0.952. The highest BCUT2D eigenvalue weighted by molar-refractivity contribution is 7.26. The molecular formula is C64H43NOS. The van der Waals surface area contributed by atoms with E-state index in [9.17, 15) is 0 Å². The van der Waals surface area contributed by atoms with Crippen molar-refractivity contribution in [2.45, 2.75) is 37.0 Å². The second-order valence-electron chi connectivity index (χ2n) is 19.4. The fraction of sp³-hybridized carbons (Fsp3) is 0.0938. The maximum Gasteiger partial charge on any atom is 0.140 e. The number of para-hydroxylation sites is 1. The molecule has 11 aromatic rings. The zero-order valence-electron chi connectivity index (χ0n) is 37.2. The van der Waals surface area contributed by atoms with E-state index in [0.29, 0.717) is 0 Å². The molecule has 0 bridgehead atoms. The third-order valence-electron chi connectivity index (χ3n) is 15.8. The van der Waals surface area contributed by atoms with Crippen LogP contribution >= 0.6 is 11.3 Å². The van der Waals surface area contributed by atoms with Gasteiger partial charge in [-0.2, -0.15) is 0 Å². The van der Waals surface area contributed by atoms with Gasteiger partial charge in [0, 0.05) is 64.9 Å². The van der Waals surface area contributed by atoms with Crippen molar-refractivity contribution < 1.29 is 4.42 Å². The predicted octanol–water partition coefficient (Wildman–Crippen LogP) is 17.4. The first-order valence-electron chi connectivity index (χ1n) is 23.6. The maximum atomic E-state index is 7.04. The van der Waals surface area contributed by atoms with Gasteiger partial charge in [0.15, 0.2) is 0 Å². The van der Waals surface area contributed by atoms with Gasteiger partial charge in [-0.3, -0.25) is 0 Å². The van der Waals surface area contributed by atoms with Crippen molar-refractivity contribution in [2.75, 3.05) is 4.90 Å². The highest BCUT2D eigenvalue weighted by Crippen LogP contribution is 2.65. The lowest BCUT2D eigenvalue weighted by molar-refractivity contribution is 0.652. The Kier molecular flexibility index (Phi) is 7.52. The van der Waals surface area contributed by atoms with Crippen LogP contribution in [0.3, 0.4) is 0 Å². The third kappa shape index (κ3) is 4.89. The summed E-state index contributed by atoms with van der Waals surface area (Å²) >= 11 is 1.92. The Morgan fingerprint density at radius 1 is 0.507 bits per heavy atom. The minimum absolute atomic E-state index is 0.142. The van der Waals surface area contributed by atoms with Gasteiger partial charge < -0.3 is 9.32 Å². The summed E-state index contributed by atoms with van der Waals surface area (Å²) < 4.78 is 9.78. The molecular weight excluding hydrogens is 831 g/mol. The van der Waals surface area contributed by atoms with Gasteiger partial charge in [0.2, 0.25) is 0 Å². The summed E-state index contributed by atoms with van der Waals surface area (Å²) in [5, 5.41) is 5.01. The number of hydrogen-bond acceptors (Lipinski definition) is 3. The number of anilines is 2. The van der Waals surface area contributed by atoms with E-state index >= 15 is 0 Å². The lowest BCUT2D eigenvalue weighted by Crippen LogP contribution is -2.26. The minimum Gasteiger partial charge on any atom is -0.456 e. The Bertz CT molecular complexity index is 3980. The molecule has 316 valence electrons. The van der Waals surface area contributed by atoms with Crippen molar-refractivity contribution in [3.05, 3.63) is 251 Å². The average Bonchev–Trinajstić information content (AvgIpc) is 4.16. The normalized spacial score (nSPS) is 16.6. The minimum atomic E-state index is -0.598. The van der Waals surface area contributed by atoms with E-state index in [2.05, 4.69) is 225 Å². The first kappa shape index (κ1) is 37.5. The summed E-state index contributed by atoms with van der Waals surface area (Å²) in [6.07, 6.45) is 8.24. The number of furan rings is 1. The molecule has 0 saturated heterocycles. The Labute approximate surface area is 393 Å². The van der Waals surface area contributed by atoms with Gasteiger partial charge in [-0.1, -0.05) is 172 Å². The van der Waals surface area contributed by atoms with E-state index in [4.69, 9.17) is 4.42 Å². The lowest BCUT2D eigenvalue weighted by atomic mass is 9.70. The summed E-state index contributed by atoms with van der Waals surface area (Å²) in [6.45, 7) is 4.77. The number of benzene rings is 9. The van der Waals surface area contributed by atoms with Crippen LogP contribution in [0.15, 0.2) is 216 Å². The van der Waals surface area contributed by atoms with Gasteiger partial charge in [0.25, 0.3) is 0 Å². The molecule has 3 heteroatoms. The highest BCUT2D eigenvalue weighted by Gasteiger charge is 2.53. The van der Waals surface area contributed by atoms with Crippen molar-refractivity contribution in [2.24, 2.45) is 0 Å². The predicted molar refractivity (Wildman–Crippen MR) is 280 cm³/mol. The van der Waals surface area contributed by atoms with Crippen molar-refractivity contribution in [1.82, 2.24) is 0 Å². The largest absolute Gasteiger partial charge is 0.456 e. The maximum absolute atomic E-state index is 7.04. The number of rotatable bonds is 4. The molecule has 67 heavy (non-hydrogen) atoms. The number of nitrogens with zero attached hydrogens (tertiary/aromatic N) is 1.